The maximum Gasteiger partial charge on any atom is 0.191 e. The molecule has 0 radical (unpaired) electrons. The number of aromatic nitrogens is 3. The van der Waals surface area contributed by atoms with Crippen LogP contribution in [0, 0.1) is 5.92 Å². The monoisotopic (exact) mass is 476 g/mol. The molecule has 2 N–H and O–H groups in total. The summed E-state index contributed by atoms with van der Waals surface area (Å²) < 4.78 is 7.93. The molecule has 1 aromatic rings. The summed E-state index contributed by atoms with van der Waals surface area (Å²) in [4.78, 5) is 4.68. The number of hydrogen-bond donors (Lipinski definition) is 2. The molecule has 0 unspecified atom stereocenters. The Kier molecular flexibility index (Phi) is 9.66. The summed E-state index contributed by atoms with van der Waals surface area (Å²) in [5, 5.41) is 15.4. The van der Waals surface area contributed by atoms with Gasteiger partial charge in [0.25, 0.3) is 0 Å². The molecule has 1 aliphatic carbocycles. The van der Waals surface area contributed by atoms with E-state index in [1.807, 2.05) is 0 Å². The lowest BCUT2D eigenvalue weighted by Crippen LogP contribution is -2.38. The molecular weight excluding hydrogens is 443 g/mol. The summed E-state index contributed by atoms with van der Waals surface area (Å²) in [5.41, 5.74) is 0. The predicted molar refractivity (Wildman–Crippen MR) is 114 cm³/mol. The SMILES string of the molecule is CCNC(=NCc1nnc2n1CCCCC2)NCCCOCC1CC1.I. The number of nitrogens with one attached hydrogen (secondary N) is 2. The minimum atomic E-state index is 0. The lowest BCUT2D eigenvalue weighted by molar-refractivity contribution is 0.123. The van der Waals surface area contributed by atoms with E-state index in [1.165, 1.54) is 32.1 Å². The fourth-order valence-electron chi connectivity index (χ4n) is 3.07. The number of aryl methyl sites for hydroxylation is 1. The highest BCUT2D eigenvalue weighted by Crippen LogP contribution is 2.28. The highest BCUT2D eigenvalue weighted by Gasteiger charge is 2.20. The minimum Gasteiger partial charge on any atom is -0.381 e. The van der Waals surface area contributed by atoms with E-state index < -0.39 is 0 Å². The van der Waals surface area contributed by atoms with Crippen molar-refractivity contribution in [1.82, 2.24) is 25.4 Å². The van der Waals surface area contributed by atoms with Gasteiger partial charge in [0, 0.05) is 39.3 Å². The Labute approximate surface area is 173 Å². The third-order valence-corrected chi connectivity index (χ3v) is 4.72. The maximum atomic E-state index is 5.67. The van der Waals surface area contributed by atoms with Crippen molar-refractivity contribution in [2.75, 3.05) is 26.3 Å². The van der Waals surface area contributed by atoms with Gasteiger partial charge in [-0.15, -0.1) is 34.2 Å². The van der Waals surface area contributed by atoms with Gasteiger partial charge in [0.2, 0.25) is 0 Å². The van der Waals surface area contributed by atoms with Gasteiger partial charge in [-0.05, 0) is 44.9 Å². The largest absolute Gasteiger partial charge is 0.381 e. The molecule has 2 aliphatic rings. The van der Waals surface area contributed by atoms with Crippen LogP contribution in [-0.2, 0) is 24.2 Å². The van der Waals surface area contributed by atoms with Gasteiger partial charge in [0.1, 0.15) is 12.4 Å². The minimum absolute atomic E-state index is 0. The molecule has 0 saturated heterocycles. The van der Waals surface area contributed by atoms with E-state index in [2.05, 4.69) is 37.3 Å². The highest BCUT2D eigenvalue weighted by atomic mass is 127. The van der Waals surface area contributed by atoms with Crippen LogP contribution in [0.25, 0.3) is 0 Å². The van der Waals surface area contributed by atoms with Crippen molar-refractivity contribution in [3.8, 4) is 0 Å². The van der Waals surface area contributed by atoms with Crippen LogP contribution in [0.4, 0.5) is 0 Å². The zero-order valence-corrected chi connectivity index (χ0v) is 18.2. The molecule has 0 spiro atoms. The summed E-state index contributed by atoms with van der Waals surface area (Å²) >= 11 is 0. The Morgan fingerprint density at radius 2 is 2.12 bits per heavy atom. The zero-order chi connectivity index (χ0) is 17.3. The van der Waals surface area contributed by atoms with Gasteiger partial charge in [-0.3, -0.25) is 0 Å². The molecule has 3 rings (SSSR count). The van der Waals surface area contributed by atoms with Gasteiger partial charge >= 0.3 is 0 Å². The molecule has 148 valence electrons. The number of ether oxygens (including phenoxy) is 1. The second-order valence-corrected chi connectivity index (χ2v) is 6.99. The van der Waals surface area contributed by atoms with Gasteiger partial charge in [-0.2, -0.15) is 0 Å². The van der Waals surface area contributed by atoms with E-state index in [-0.39, 0.29) is 24.0 Å². The number of fused-ring (bicyclic) bond motifs is 1. The molecular formula is C18H33IN6O. The van der Waals surface area contributed by atoms with Gasteiger partial charge in [0.05, 0.1) is 0 Å². The smallest absolute Gasteiger partial charge is 0.191 e. The van der Waals surface area contributed by atoms with E-state index >= 15 is 0 Å². The van der Waals surface area contributed by atoms with Crippen molar-refractivity contribution in [3.05, 3.63) is 11.6 Å². The molecule has 0 amide bonds. The van der Waals surface area contributed by atoms with Crippen LogP contribution < -0.4 is 10.6 Å². The standard InChI is InChI=1S/C18H32N6O.HI/c1-2-19-18(20-10-6-12-25-14-15-8-9-15)21-13-17-23-22-16-7-4-3-5-11-24(16)17;/h15H,2-14H2,1H3,(H2,19,20,21);1H. The Balaban J connectivity index is 0.00000243. The normalized spacial score (nSPS) is 17.2. The Hall–Kier alpha value is -0.900. The summed E-state index contributed by atoms with van der Waals surface area (Å²) in [6.07, 6.45) is 8.44. The van der Waals surface area contributed by atoms with E-state index in [9.17, 15) is 0 Å². The lowest BCUT2D eigenvalue weighted by atomic mass is 10.2. The van der Waals surface area contributed by atoms with Crippen molar-refractivity contribution >= 4 is 29.9 Å². The first kappa shape index (κ1) is 21.4. The third kappa shape index (κ3) is 7.02. The summed E-state index contributed by atoms with van der Waals surface area (Å²) in [5.74, 6) is 3.77. The number of hydrogen-bond acceptors (Lipinski definition) is 4. The molecule has 2 heterocycles. The average Bonchev–Trinajstić information content (AvgIpc) is 3.41. The fourth-order valence-corrected chi connectivity index (χ4v) is 3.07. The first-order valence-corrected chi connectivity index (χ1v) is 9.87. The van der Waals surface area contributed by atoms with Crippen molar-refractivity contribution in [3.63, 3.8) is 0 Å². The summed E-state index contributed by atoms with van der Waals surface area (Å²) in [6.45, 7) is 7.15. The molecule has 1 aromatic heterocycles. The van der Waals surface area contributed by atoms with Crippen LogP contribution in [0.1, 0.15) is 57.1 Å². The molecule has 1 fully saturated rings. The summed E-state index contributed by atoms with van der Waals surface area (Å²) in [7, 11) is 0. The zero-order valence-electron chi connectivity index (χ0n) is 15.9. The highest BCUT2D eigenvalue weighted by molar-refractivity contribution is 14.0. The van der Waals surface area contributed by atoms with Gasteiger partial charge in [-0.25, -0.2) is 4.99 Å². The van der Waals surface area contributed by atoms with Crippen molar-refractivity contribution in [1.29, 1.82) is 0 Å². The van der Waals surface area contributed by atoms with Crippen LogP contribution >= 0.6 is 24.0 Å². The topological polar surface area (TPSA) is 76.4 Å². The molecule has 1 saturated carbocycles. The van der Waals surface area contributed by atoms with Crippen LogP contribution in [0.2, 0.25) is 0 Å². The average molecular weight is 476 g/mol. The molecule has 0 bridgehead atoms. The van der Waals surface area contributed by atoms with E-state index in [1.54, 1.807) is 0 Å². The number of rotatable bonds is 9. The number of nitrogens with zero attached hydrogens (tertiary/aromatic N) is 4. The number of guanidine groups is 1. The second-order valence-electron chi connectivity index (χ2n) is 6.99. The molecule has 0 atom stereocenters. The second kappa shape index (κ2) is 11.7. The van der Waals surface area contributed by atoms with Crippen molar-refractivity contribution in [2.24, 2.45) is 10.9 Å². The van der Waals surface area contributed by atoms with Gasteiger partial charge in [-0.1, -0.05) is 6.42 Å². The van der Waals surface area contributed by atoms with E-state index in [0.29, 0.717) is 6.54 Å². The molecule has 0 aromatic carbocycles. The first-order chi connectivity index (χ1) is 12.4. The predicted octanol–water partition coefficient (Wildman–Crippen LogP) is 2.49. The molecule has 26 heavy (non-hydrogen) atoms. The quantitative estimate of drug-likeness (QED) is 0.248. The van der Waals surface area contributed by atoms with Crippen LogP contribution in [0.5, 0.6) is 0 Å². The Morgan fingerprint density at radius 3 is 2.92 bits per heavy atom. The van der Waals surface area contributed by atoms with E-state index in [4.69, 9.17) is 4.74 Å². The molecule has 8 heteroatoms. The van der Waals surface area contributed by atoms with Crippen molar-refractivity contribution < 1.29 is 4.74 Å². The lowest BCUT2D eigenvalue weighted by Gasteiger charge is -2.11. The van der Waals surface area contributed by atoms with Gasteiger partial charge in [0.15, 0.2) is 11.8 Å². The first-order valence-electron chi connectivity index (χ1n) is 9.87. The number of aliphatic imine (C=N–C) groups is 1. The van der Waals surface area contributed by atoms with Gasteiger partial charge < -0.3 is 19.9 Å². The van der Waals surface area contributed by atoms with E-state index in [0.717, 1.165) is 69.2 Å². The molecule has 7 nitrogen and oxygen atoms in total. The fraction of sp³-hybridized carbons (Fsp3) is 0.833. The van der Waals surface area contributed by atoms with Crippen LogP contribution in [0.3, 0.4) is 0 Å². The van der Waals surface area contributed by atoms with Crippen LogP contribution in [0.15, 0.2) is 4.99 Å². The molecule has 1 aliphatic heterocycles. The van der Waals surface area contributed by atoms with Crippen LogP contribution in [-0.4, -0.2) is 47.0 Å². The summed E-state index contributed by atoms with van der Waals surface area (Å²) in [6, 6.07) is 0. The Morgan fingerprint density at radius 1 is 1.23 bits per heavy atom. The Bertz CT molecular complexity index is 558. The third-order valence-electron chi connectivity index (χ3n) is 4.72. The number of halogens is 1. The van der Waals surface area contributed by atoms with Crippen molar-refractivity contribution in [2.45, 2.75) is 65.0 Å². The maximum absolute atomic E-state index is 5.67.